The number of halogens is 1. The fourth-order valence-corrected chi connectivity index (χ4v) is 6.54. The first-order valence-corrected chi connectivity index (χ1v) is 16.4. The van der Waals surface area contributed by atoms with E-state index in [4.69, 9.17) is 11.5 Å². The van der Waals surface area contributed by atoms with E-state index in [1.54, 1.807) is 27.1 Å². The van der Waals surface area contributed by atoms with E-state index in [0.717, 1.165) is 0 Å². The number of Topliss-reactive ketones (excluding diaryl/α,β-unsaturated/α-hetero) is 1. The molecule has 2 rings (SSSR count). The third-order valence-corrected chi connectivity index (χ3v) is 9.24. The molecular weight excluding hydrogens is 585 g/mol. The normalized spacial score (nSPS) is 28.2. The average Bonchev–Trinajstić information content (AvgIpc) is 2.76. The van der Waals surface area contributed by atoms with Crippen molar-refractivity contribution >= 4 is 43.0 Å². The van der Waals surface area contributed by atoms with Crippen LogP contribution >= 0.6 is 19.8 Å². The molecule has 0 fully saturated rings. The van der Waals surface area contributed by atoms with Crippen LogP contribution in [0.5, 0.6) is 5.75 Å². The third-order valence-electron chi connectivity index (χ3n) is 6.09. The number of allylic oxidation sites excluding steroid dienone is 1. The molecule has 0 aromatic heterocycles. The Labute approximate surface area is 216 Å². The van der Waals surface area contributed by atoms with Gasteiger partial charge in [0.1, 0.15) is 0 Å². The Balaban J connectivity index is 2.87. The van der Waals surface area contributed by atoms with Gasteiger partial charge in [-0.2, -0.15) is 0 Å². The predicted molar refractivity (Wildman–Crippen MR) is 143 cm³/mol. The van der Waals surface area contributed by atoms with E-state index >= 15 is 0 Å². The van der Waals surface area contributed by atoms with Gasteiger partial charge in [-0.25, -0.2) is 0 Å². The van der Waals surface area contributed by atoms with Gasteiger partial charge in [-0.15, -0.1) is 0 Å². The van der Waals surface area contributed by atoms with E-state index in [0.29, 0.717) is 9.65 Å². The van der Waals surface area contributed by atoms with Gasteiger partial charge in [0.05, 0.1) is 0 Å². The Morgan fingerprint density at radius 1 is 1.11 bits per heavy atom. The number of aliphatic hydroxyl groups excluding tert-OH is 4. The number of phenolic OH excluding ortho intramolecular Hbond substituents is 1. The van der Waals surface area contributed by atoms with E-state index in [1.165, 1.54) is 4.90 Å². The number of phenols is 1. The molecule has 0 spiro atoms. The molecule has 9 N–H and O–H groups in total. The number of nitrogens with two attached hydrogens (primary N) is 2. The number of amides is 1. The quantitative estimate of drug-likeness (QED) is 0.0838. The van der Waals surface area contributed by atoms with E-state index in [1.807, 2.05) is 9.86 Å². The zero-order valence-electron chi connectivity index (χ0n) is 20.8. The monoisotopic (exact) mass is 619 g/mol. The Kier molecular flexibility index (Phi) is 9.51. The van der Waals surface area contributed by atoms with Crippen molar-refractivity contribution in [1.29, 1.82) is 0 Å². The fourth-order valence-electron chi connectivity index (χ4n) is 4.29. The molecule has 0 bridgehead atoms. The molecule has 1 aromatic carbocycles. The number of hydrogen-bond acceptors (Lipinski definition) is 10. The second-order valence-electron chi connectivity index (χ2n) is 9.17. The van der Waals surface area contributed by atoms with Gasteiger partial charge >= 0.3 is 217 Å². The van der Waals surface area contributed by atoms with Crippen LogP contribution in [0, 0.1) is 3.57 Å². The maximum absolute atomic E-state index is 13.3. The van der Waals surface area contributed by atoms with E-state index in [2.05, 4.69) is 0 Å². The van der Waals surface area contributed by atoms with Crippen LogP contribution < -0.4 is 11.5 Å². The number of rotatable bonds is 3. The first-order chi connectivity index (χ1) is 16.6. The Hall–Kier alpha value is -2.68. The number of primary amides is 1. The Morgan fingerprint density at radius 3 is 2.19 bits per heavy atom. The molecule has 0 radical (unpaired) electrons. The number of carbonyl (C=O) groups is 3. The molecule has 1 aliphatic rings. The van der Waals surface area contributed by atoms with Crippen LogP contribution in [-0.2, 0) is 9.59 Å². The van der Waals surface area contributed by atoms with Crippen molar-refractivity contribution in [2.24, 2.45) is 5.73 Å². The summed E-state index contributed by atoms with van der Waals surface area (Å²) >= 11 is -1.86. The van der Waals surface area contributed by atoms with Crippen LogP contribution in [0.1, 0.15) is 41.6 Å². The van der Waals surface area contributed by atoms with Gasteiger partial charge in [-0.05, 0) is 0 Å². The Morgan fingerprint density at radius 2 is 1.69 bits per heavy atom. The predicted octanol–water partition coefficient (Wildman–Crippen LogP) is 0.950. The number of hydrogen-bond donors (Lipinski definition) is 7. The molecule has 36 heavy (non-hydrogen) atoms. The SMILES string of the molecule is C[C@@H]1C[C@H](O)C[C@H](N(C)C)/C(O)=C(/C(N)=O)C(=O)[C@@H](O)/C(O)=C/C(=O)c2c(O)c(I(C)C)cc(N)c21. The molecular formula is C24H34IN3O8. The molecule has 0 saturated carbocycles. The molecule has 0 aliphatic heterocycles. The molecule has 1 aliphatic carbocycles. The van der Waals surface area contributed by atoms with Gasteiger partial charge in [0.25, 0.3) is 0 Å². The summed E-state index contributed by atoms with van der Waals surface area (Å²) in [6.45, 7) is 1.70. The summed E-state index contributed by atoms with van der Waals surface area (Å²) < 4.78 is 0.527. The molecule has 0 saturated heterocycles. The summed E-state index contributed by atoms with van der Waals surface area (Å²) in [5, 5.41) is 53.5. The summed E-state index contributed by atoms with van der Waals surface area (Å²) in [5.74, 6) is -6.49. The van der Waals surface area contributed by atoms with Crippen LogP contribution in [0.15, 0.2) is 29.2 Å². The average molecular weight is 619 g/mol. The van der Waals surface area contributed by atoms with E-state index in [9.17, 15) is 39.9 Å². The van der Waals surface area contributed by atoms with Crippen LogP contribution in [0.25, 0.3) is 0 Å². The van der Waals surface area contributed by atoms with Gasteiger partial charge < -0.3 is 0 Å². The number of carbonyl (C=O) groups excluding carboxylic acids is 3. The number of likely N-dealkylation sites (N-methyl/N-ethyl adjacent to an activating group) is 1. The van der Waals surface area contributed by atoms with Gasteiger partial charge in [-0.1, -0.05) is 0 Å². The standard InChI is InChI=1S/C24H34IN3O8/c1-10-6-11(29)7-14(28(4)5)21(33)19(24(27)36)23(35)22(34)16(31)9-15(30)18-17(10)13(26)8-12(20(18)32)25(2)3/h8-11,14,22,29,31-34H,6-7,26H2,1-5H3,(H2,27,36)/b16-9-,21-19-/t10-,11+,14+,22+/m1/s1. The molecule has 0 heterocycles. The number of aliphatic hydroxyl groups is 4. The number of alkyl halides is 2. The van der Waals surface area contributed by atoms with Crippen molar-refractivity contribution in [2.75, 3.05) is 29.7 Å². The summed E-state index contributed by atoms with van der Waals surface area (Å²) in [6, 6.07) is 0.554. The number of ketones is 2. The maximum atomic E-state index is 13.3. The molecule has 4 atom stereocenters. The van der Waals surface area contributed by atoms with Crippen molar-refractivity contribution in [3.05, 3.63) is 43.9 Å². The summed E-state index contributed by atoms with van der Waals surface area (Å²) in [7, 11) is 3.08. The number of benzene rings is 1. The molecule has 200 valence electrons. The van der Waals surface area contributed by atoms with Crippen LogP contribution in [0.4, 0.5) is 5.69 Å². The van der Waals surface area contributed by atoms with Crippen molar-refractivity contribution in [1.82, 2.24) is 4.90 Å². The summed E-state index contributed by atoms with van der Waals surface area (Å²) in [4.78, 5) is 43.5. The molecule has 1 amide bonds. The van der Waals surface area contributed by atoms with Crippen molar-refractivity contribution in [2.45, 2.75) is 43.9 Å². The summed E-state index contributed by atoms with van der Waals surface area (Å²) in [6.07, 6.45) is -3.07. The minimum atomic E-state index is -2.40. The van der Waals surface area contributed by atoms with Gasteiger partial charge in [0.15, 0.2) is 0 Å². The van der Waals surface area contributed by atoms with E-state index < -0.39 is 78.6 Å². The molecule has 11 nitrogen and oxygen atoms in total. The molecule has 1 aromatic rings. The third kappa shape index (κ3) is 5.99. The van der Waals surface area contributed by atoms with Crippen LogP contribution in [0.2, 0.25) is 0 Å². The van der Waals surface area contributed by atoms with Crippen LogP contribution in [-0.4, -0.2) is 90.1 Å². The second kappa shape index (κ2) is 11.6. The number of nitrogens with zero attached hydrogens (tertiary/aromatic N) is 1. The number of fused-ring (bicyclic) bond motifs is 1. The number of aromatic hydroxyl groups is 1. The summed E-state index contributed by atoms with van der Waals surface area (Å²) in [5.41, 5.74) is 10.9. The van der Waals surface area contributed by atoms with Gasteiger partial charge in [-0.3, -0.25) is 0 Å². The zero-order chi connectivity index (χ0) is 27.6. The first-order valence-electron chi connectivity index (χ1n) is 11.0. The van der Waals surface area contributed by atoms with Gasteiger partial charge in [0, 0.05) is 0 Å². The molecule has 0 unspecified atom stereocenters. The van der Waals surface area contributed by atoms with Crippen molar-refractivity contribution in [3.63, 3.8) is 0 Å². The Bertz CT molecular complexity index is 1130. The topological polar surface area (TPSA) is 208 Å². The number of anilines is 1. The first kappa shape index (κ1) is 29.5. The van der Waals surface area contributed by atoms with Gasteiger partial charge in [0.2, 0.25) is 0 Å². The zero-order valence-corrected chi connectivity index (χ0v) is 23.0. The van der Waals surface area contributed by atoms with Crippen LogP contribution in [0.3, 0.4) is 0 Å². The van der Waals surface area contributed by atoms with Crippen molar-refractivity contribution in [3.8, 4) is 5.75 Å². The van der Waals surface area contributed by atoms with E-state index in [-0.39, 0.29) is 35.4 Å². The molecule has 12 heteroatoms. The fraction of sp³-hybridized carbons (Fsp3) is 0.458. The number of nitrogen functional groups attached to an aromatic ring is 1. The minimum absolute atomic E-state index is 0.0413. The van der Waals surface area contributed by atoms with Crippen molar-refractivity contribution < 1.29 is 39.9 Å². The second-order valence-corrected chi connectivity index (χ2v) is 14.6.